The highest BCUT2D eigenvalue weighted by atomic mass is 19.4. The molecule has 0 fully saturated rings. The zero-order valence-corrected chi connectivity index (χ0v) is 10.0. The minimum atomic E-state index is -4.52. The summed E-state index contributed by atoms with van der Waals surface area (Å²) >= 11 is 0. The molecule has 0 aliphatic heterocycles. The van der Waals surface area contributed by atoms with Gasteiger partial charge in [-0.25, -0.2) is 0 Å². The summed E-state index contributed by atoms with van der Waals surface area (Å²) in [6.07, 6.45) is -4.52. The Morgan fingerprint density at radius 3 is 2.37 bits per heavy atom. The number of para-hydroxylation sites is 1. The predicted molar refractivity (Wildman–Crippen MR) is 66.2 cm³/mol. The number of aromatic nitrogens is 1. The van der Waals surface area contributed by atoms with E-state index in [-0.39, 0.29) is 11.4 Å². The van der Waals surface area contributed by atoms with E-state index < -0.39 is 17.3 Å². The quantitative estimate of drug-likeness (QED) is 0.864. The van der Waals surface area contributed by atoms with Crippen LogP contribution >= 0.6 is 0 Å². The molecular weight excluding hydrogens is 257 g/mol. The van der Waals surface area contributed by atoms with Gasteiger partial charge < -0.3 is 5.73 Å². The first-order valence-corrected chi connectivity index (χ1v) is 5.46. The molecule has 3 nitrogen and oxygen atoms in total. The van der Waals surface area contributed by atoms with Crippen LogP contribution in [0.3, 0.4) is 0 Å². The van der Waals surface area contributed by atoms with Gasteiger partial charge in [0.05, 0.1) is 11.3 Å². The normalized spacial score (nSPS) is 11.6. The van der Waals surface area contributed by atoms with Gasteiger partial charge in [0.15, 0.2) is 0 Å². The fraction of sp³-hybridized carbons (Fsp3) is 0.154. The van der Waals surface area contributed by atoms with Crippen molar-refractivity contribution in [1.82, 2.24) is 4.57 Å². The molecule has 1 aromatic heterocycles. The highest BCUT2D eigenvalue weighted by molar-refractivity contribution is 5.47. The van der Waals surface area contributed by atoms with E-state index in [1.165, 1.54) is 31.2 Å². The van der Waals surface area contributed by atoms with Crippen LogP contribution in [-0.2, 0) is 6.18 Å². The van der Waals surface area contributed by atoms with Crippen molar-refractivity contribution in [2.75, 3.05) is 5.73 Å². The first kappa shape index (κ1) is 13.2. The summed E-state index contributed by atoms with van der Waals surface area (Å²) in [5.74, 6) is 0. The molecule has 1 heterocycles. The molecule has 0 amide bonds. The first-order valence-electron chi connectivity index (χ1n) is 5.46. The molecule has 1 aromatic carbocycles. The van der Waals surface area contributed by atoms with Gasteiger partial charge in [-0.2, -0.15) is 13.2 Å². The summed E-state index contributed by atoms with van der Waals surface area (Å²) in [6.45, 7) is 1.53. The molecule has 2 N–H and O–H groups in total. The fourth-order valence-corrected chi connectivity index (χ4v) is 1.95. The monoisotopic (exact) mass is 268 g/mol. The average Bonchev–Trinajstić information content (AvgIpc) is 2.26. The molecule has 0 spiro atoms. The molecule has 0 radical (unpaired) electrons. The summed E-state index contributed by atoms with van der Waals surface area (Å²) in [4.78, 5) is 11.9. The van der Waals surface area contributed by atoms with E-state index in [4.69, 9.17) is 5.73 Å². The molecule has 2 rings (SSSR count). The number of alkyl halides is 3. The molecule has 0 saturated carbocycles. The molecule has 100 valence electrons. The number of benzene rings is 1. The molecule has 19 heavy (non-hydrogen) atoms. The number of rotatable bonds is 1. The average molecular weight is 268 g/mol. The lowest BCUT2D eigenvalue weighted by Gasteiger charge is -2.16. The topological polar surface area (TPSA) is 48.0 Å². The highest BCUT2D eigenvalue weighted by Gasteiger charge is 2.34. The number of aryl methyl sites for hydroxylation is 1. The minimum Gasteiger partial charge on any atom is -0.399 e. The summed E-state index contributed by atoms with van der Waals surface area (Å²) in [7, 11) is 0. The second-order valence-electron chi connectivity index (χ2n) is 4.12. The largest absolute Gasteiger partial charge is 0.418 e. The maximum Gasteiger partial charge on any atom is 0.418 e. The molecule has 0 unspecified atom stereocenters. The molecule has 0 bridgehead atoms. The van der Waals surface area contributed by atoms with E-state index in [2.05, 4.69) is 0 Å². The second kappa shape index (κ2) is 4.46. The SMILES string of the molecule is Cc1cc(N)cc(=O)n1-c1ccccc1C(F)(F)F. The number of hydrogen-bond acceptors (Lipinski definition) is 2. The van der Waals surface area contributed by atoms with Crippen LogP contribution in [0.4, 0.5) is 18.9 Å². The number of nitrogens with two attached hydrogens (primary N) is 1. The standard InChI is InChI=1S/C13H11F3N2O/c1-8-6-9(17)7-12(19)18(8)11-5-3-2-4-10(11)13(14,15)16/h2-7H,17H2,1H3. The third kappa shape index (κ3) is 2.47. The predicted octanol–water partition coefficient (Wildman–Crippen LogP) is 2.75. The zero-order valence-electron chi connectivity index (χ0n) is 10.0. The summed E-state index contributed by atoms with van der Waals surface area (Å²) in [6, 6.07) is 7.48. The van der Waals surface area contributed by atoms with Gasteiger partial charge in [-0.3, -0.25) is 9.36 Å². The highest BCUT2D eigenvalue weighted by Crippen LogP contribution is 2.33. The van der Waals surface area contributed by atoms with Crippen LogP contribution in [0, 0.1) is 6.92 Å². The zero-order chi connectivity index (χ0) is 14.2. The second-order valence-corrected chi connectivity index (χ2v) is 4.12. The Morgan fingerprint density at radius 2 is 1.79 bits per heavy atom. The maximum absolute atomic E-state index is 12.9. The lowest BCUT2D eigenvalue weighted by Crippen LogP contribution is -2.23. The van der Waals surface area contributed by atoms with E-state index in [1.54, 1.807) is 0 Å². The molecule has 0 aliphatic carbocycles. The maximum atomic E-state index is 12.9. The third-order valence-electron chi connectivity index (χ3n) is 2.69. The van der Waals surface area contributed by atoms with Crippen molar-refractivity contribution < 1.29 is 13.2 Å². The fourth-order valence-electron chi connectivity index (χ4n) is 1.95. The Kier molecular flexibility index (Phi) is 3.09. The summed E-state index contributed by atoms with van der Waals surface area (Å²) in [5.41, 5.74) is 4.43. The molecular formula is C13H11F3N2O. The number of pyridine rings is 1. The smallest absolute Gasteiger partial charge is 0.399 e. The summed E-state index contributed by atoms with van der Waals surface area (Å²) < 4.78 is 39.8. The molecule has 0 aliphatic rings. The van der Waals surface area contributed by atoms with Gasteiger partial charge in [0.1, 0.15) is 0 Å². The van der Waals surface area contributed by atoms with E-state index in [9.17, 15) is 18.0 Å². The number of nitrogen functional groups attached to an aromatic ring is 1. The van der Waals surface area contributed by atoms with Crippen molar-refractivity contribution in [3.05, 3.63) is 58.0 Å². The van der Waals surface area contributed by atoms with Crippen LogP contribution in [0.15, 0.2) is 41.2 Å². The van der Waals surface area contributed by atoms with E-state index in [1.807, 2.05) is 0 Å². The van der Waals surface area contributed by atoms with Crippen molar-refractivity contribution in [3.63, 3.8) is 0 Å². The van der Waals surface area contributed by atoms with Crippen molar-refractivity contribution in [3.8, 4) is 5.69 Å². The van der Waals surface area contributed by atoms with Gasteiger partial charge in [0.2, 0.25) is 0 Å². The Morgan fingerprint density at radius 1 is 1.16 bits per heavy atom. The van der Waals surface area contributed by atoms with Gasteiger partial charge in [0, 0.05) is 17.4 Å². The van der Waals surface area contributed by atoms with Crippen molar-refractivity contribution in [2.24, 2.45) is 0 Å². The van der Waals surface area contributed by atoms with Crippen LogP contribution in [-0.4, -0.2) is 4.57 Å². The van der Waals surface area contributed by atoms with Crippen molar-refractivity contribution in [1.29, 1.82) is 0 Å². The van der Waals surface area contributed by atoms with Crippen LogP contribution < -0.4 is 11.3 Å². The summed E-state index contributed by atoms with van der Waals surface area (Å²) in [5, 5.41) is 0. The lowest BCUT2D eigenvalue weighted by molar-refractivity contribution is -0.137. The number of anilines is 1. The van der Waals surface area contributed by atoms with Gasteiger partial charge in [0.25, 0.3) is 5.56 Å². The molecule has 2 aromatic rings. The van der Waals surface area contributed by atoms with Crippen LogP contribution in [0.5, 0.6) is 0 Å². The first-order chi connectivity index (χ1) is 8.80. The number of halogens is 3. The molecule has 6 heteroatoms. The van der Waals surface area contributed by atoms with E-state index in [0.29, 0.717) is 5.69 Å². The van der Waals surface area contributed by atoms with E-state index in [0.717, 1.165) is 16.7 Å². The Labute approximate surface area is 107 Å². The van der Waals surface area contributed by atoms with Crippen molar-refractivity contribution in [2.45, 2.75) is 13.1 Å². The minimum absolute atomic E-state index is 0.197. The Balaban J connectivity index is 2.78. The van der Waals surface area contributed by atoms with Gasteiger partial charge in [-0.05, 0) is 25.1 Å². The van der Waals surface area contributed by atoms with Gasteiger partial charge in [-0.15, -0.1) is 0 Å². The lowest BCUT2D eigenvalue weighted by atomic mass is 10.1. The molecule has 0 saturated heterocycles. The van der Waals surface area contributed by atoms with Crippen molar-refractivity contribution >= 4 is 5.69 Å². The van der Waals surface area contributed by atoms with E-state index >= 15 is 0 Å². The Bertz CT molecular complexity index is 674. The number of hydrogen-bond donors (Lipinski definition) is 1. The third-order valence-corrected chi connectivity index (χ3v) is 2.69. The van der Waals surface area contributed by atoms with Crippen LogP contribution in [0.25, 0.3) is 5.69 Å². The van der Waals surface area contributed by atoms with Gasteiger partial charge >= 0.3 is 6.18 Å². The van der Waals surface area contributed by atoms with Gasteiger partial charge in [-0.1, -0.05) is 12.1 Å². The molecule has 0 atom stereocenters. The number of nitrogens with zero attached hydrogens (tertiary/aromatic N) is 1. The Hall–Kier alpha value is -2.24. The van der Waals surface area contributed by atoms with Crippen LogP contribution in [0.2, 0.25) is 0 Å². The van der Waals surface area contributed by atoms with Crippen LogP contribution in [0.1, 0.15) is 11.3 Å².